The Kier molecular flexibility index (Phi) is 5.44. The molecule has 1 aliphatic rings. The smallest absolute Gasteiger partial charge is 0.303 e. The maximum Gasteiger partial charge on any atom is 0.303 e. The highest BCUT2D eigenvalue weighted by Crippen LogP contribution is 2.47. The number of carboxylic acid groups (broad SMARTS) is 1. The third-order valence-electron chi connectivity index (χ3n) is 7.29. The molecule has 4 aromatic rings. The number of para-hydroxylation sites is 2. The summed E-state index contributed by atoms with van der Waals surface area (Å²) in [6.07, 6.45) is 5.70. The van der Waals surface area contributed by atoms with Crippen LogP contribution in [0, 0.1) is 5.41 Å². The molecule has 2 heterocycles. The Balaban J connectivity index is 1.40. The van der Waals surface area contributed by atoms with E-state index in [9.17, 15) is 9.59 Å². The molecule has 0 radical (unpaired) electrons. The molecular formula is C27H28N2O4. The first-order valence-electron chi connectivity index (χ1n) is 11.5. The number of furan rings is 1. The molecule has 170 valence electrons. The van der Waals surface area contributed by atoms with Crippen LogP contribution >= 0.6 is 0 Å². The van der Waals surface area contributed by atoms with Crippen LogP contribution in [0.3, 0.4) is 0 Å². The monoisotopic (exact) mass is 444 g/mol. The van der Waals surface area contributed by atoms with E-state index < -0.39 is 5.97 Å². The van der Waals surface area contributed by atoms with E-state index in [2.05, 4.69) is 9.88 Å². The molecule has 0 aliphatic heterocycles. The Morgan fingerprint density at radius 1 is 1.12 bits per heavy atom. The fraction of sp³-hybridized carbons (Fsp3) is 0.333. The van der Waals surface area contributed by atoms with E-state index in [0.717, 1.165) is 46.9 Å². The number of aliphatic carboxylic acids is 1. The van der Waals surface area contributed by atoms with Gasteiger partial charge in [-0.2, -0.15) is 0 Å². The quantitative estimate of drug-likeness (QED) is 0.371. The summed E-state index contributed by atoms with van der Waals surface area (Å²) in [5.74, 6) is -0.0772. The summed E-state index contributed by atoms with van der Waals surface area (Å²) < 4.78 is 8.05. The number of aromatic nitrogens is 1. The van der Waals surface area contributed by atoms with Gasteiger partial charge in [0.2, 0.25) is 0 Å². The predicted octanol–water partition coefficient (Wildman–Crippen LogP) is 5.59. The zero-order valence-electron chi connectivity index (χ0n) is 18.7. The number of amides is 1. The van der Waals surface area contributed by atoms with Crippen LogP contribution < -0.4 is 5.32 Å². The van der Waals surface area contributed by atoms with Crippen LogP contribution in [-0.2, 0) is 11.3 Å². The van der Waals surface area contributed by atoms with Crippen molar-refractivity contribution in [2.75, 3.05) is 0 Å². The first-order chi connectivity index (χ1) is 15.9. The summed E-state index contributed by atoms with van der Waals surface area (Å²) in [6.45, 7) is 2.53. The molecule has 1 amide bonds. The van der Waals surface area contributed by atoms with Crippen molar-refractivity contribution in [3.8, 4) is 0 Å². The summed E-state index contributed by atoms with van der Waals surface area (Å²) >= 11 is 0. The van der Waals surface area contributed by atoms with Crippen molar-refractivity contribution in [1.29, 1.82) is 0 Å². The minimum Gasteiger partial charge on any atom is -0.481 e. The van der Waals surface area contributed by atoms with Crippen molar-refractivity contribution in [3.63, 3.8) is 0 Å². The number of carbonyl (C=O) groups excluding carboxylic acids is 1. The van der Waals surface area contributed by atoms with Crippen molar-refractivity contribution in [3.05, 3.63) is 72.1 Å². The second-order valence-electron chi connectivity index (χ2n) is 9.24. The van der Waals surface area contributed by atoms with Crippen molar-refractivity contribution in [2.24, 2.45) is 5.41 Å². The number of hydrogen-bond donors (Lipinski definition) is 2. The number of nitrogens with one attached hydrogen (secondary N) is 1. The van der Waals surface area contributed by atoms with Crippen LogP contribution in [0.25, 0.3) is 21.9 Å². The lowest BCUT2D eigenvalue weighted by Gasteiger charge is -2.46. The van der Waals surface area contributed by atoms with Crippen molar-refractivity contribution < 1.29 is 19.1 Å². The van der Waals surface area contributed by atoms with Crippen LogP contribution in [-0.4, -0.2) is 27.6 Å². The number of carboxylic acids is 1. The Morgan fingerprint density at radius 3 is 2.64 bits per heavy atom. The molecule has 2 N–H and O–H groups in total. The Hall–Kier alpha value is -3.54. The molecule has 33 heavy (non-hydrogen) atoms. The van der Waals surface area contributed by atoms with E-state index in [1.165, 1.54) is 0 Å². The predicted molar refractivity (Wildman–Crippen MR) is 127 cm³/mol. The normalized spacial score (nSPS) is 15.9. The van der Waals surface area contributed by atoms with Gasteiger partial charge in [-0.05, 0) is 55.9 Å². The number of benzene rings is 2. The second kappa shape index (κ2) is 8.43. The molecule has 2 aromatic heterocycles. The lowest BCUT2D eigenvalue weighted by atomic mass is 9.62. The molecule has 5 rings (SSSR count). The Bertz CT molecular complexity index is 1300. The first kappa shape index (κ1) is 21.3. The SMILES string of the molecule is CC(NC(=O)c1cccc2ccn(Cc3cc4ccccc4o3)c12)C1(CCC(=O)O)CCC1. The van der Waals surface area contributed by atoms with Crippen molar-refractivity contribution >= 4 is 33.7 Å². The fourth-order valence-electron chi connectivity index (χ4n) is 5.17. The van der Waals surface area contributed by atoms with Gasteiger partial charge in [0.15, 0.2) is 0 Å². The van der Waals surface area contributed by atoms with Gasteiger partial charge in [-0.25, -0.2) is 0 Å². The molecular weight excluding hydrogens is 416 g/mol. The fourth-order valence-corrected chi connectivity index (χ4v) is 5.17. The third-order valence-corrected chi connectivity index (χ3v) is 7.29. The average molecular weight is 445 g/mol. The topological polar surface area (TPSA) is 84.5 Å². The first-order valence-corrected chi connectivity index (χ1v) is 11.5. The zero-order chi connectivity index (χ0) is 23.0. The second-order valence-corrected chi connectivity index (χ2v) is 9.24. The number of rotatable bonds is 8. The van der Waals surface area contributed by atoms with Crippen LogP contribution in [0.15, 0.2) is 65.2 Å². The maximum atomic E-state index is 13.4. The number of hydrogen-bond acceptors (Lipinski definition) is 3. The van der Waals surface area contributed by atoms with Crippen LogP contribution in [0.5, 0.6) is 0 Å². The number of nitrogens with zero attached hydrogens (tertiary/aromatic N) is 1. The Morgan fingerprint density at radius 2 is 1.91 bits per heavy atom. The molecule has 1 atom stereocenters. The summed E-state index contributed by atoms with van der Waals surface area (Å²) in [4.78, 5) is 24.5. The van der Waals surface area contributed by atoms with Crippen LogP contribution in [0.2, 0.25) is 0 Å². The van der Waals surface area contributed by atoms with Gasteiger partial charge in [0.25, 0.3) is 5.91 Å². The van der Waals surface area contributed by atoms with E-state index in [-0.39, 0.29) is 23.8 Å². The molecule has 0 spiro atoms. The van der Waals surface area contributed by atoms with Gasteiger partial charge in [0.1, 0.15) is 11.3 Å². The lowest BCUT2D eigenvalue weighted by Crippen LogP contribution is -2.50. The molecule has 1 fully saturated rings. The highest BCUT2D eigenvalue weighted by molar-refractivity contribution is 6.06. The molecule has 6 nitrogen and oxygen atoms in total. The molecule has 6 heteroatoms. The average Bonchev–Trinajstić information content (AvgIpc) is 3.36. The minimum absolute atomic E-state index is 0.0906. The van der Waals surface area contributed by atoms with E-state index in [1.807, 2.05) is 67.7 Å². The van der Waals surface area contributed by atoms with Crippen LogP contribution in [0.4, 0.5) is 0 Å². The number of fused-ring (bicyclic) bond motifs is 2. The maximum absolute atomic E-state index is 13.4. The number of carbonyl (C=O) groups is 2. The van der Waals surface area contributed by atoms with Crippen molar-refractivity contribution in [2.45, 2.75) is 51.6 Å². The molecule has 2 aromatic carbocycles. The van der Waals surface area contributed by atoms with Gasteiger partial charge < -0.3 is 19.4 Å². The van der Waals surface area contributed by atoms with Crippen molar-refractivity contribution in [1.82, 2.24) is 9.88 Å². The molecule has 1 aliphatic carbocycles. The van der Waals surface area contributed by atoms with Gasteiger partial charge in [-0.15, -0.1) is 0 Å². The summed E-state index contributed by atoms with van der Waals surface area (Å²) in [6, 6.07) is 17.6. The van der Waals surface area contributed by atoms with E-state index in [1.54, 1.807) is 0 Å². The van der Waals surface area contributed by atoms with Gasteiger partial charge in [-0.3, -0.25) is 9.59 Å². The Labute approximate surface area is 192 Å². The highest BCUT2D eigenvalue weighted by Gasteiger charge is 2.42. The van der Waals surface area contributed by atoms with Crippen LogP contribution in [0.1, 0.15) is 55.1 Å². The summed E-state index contributed by atoms with van der Waals surface area (Å²) in [5.41, 5.74) is 2.21. The van der Waals surface area contributed by atoms with E-state index in [0.29, 0.717) is 18.5 Å². The summed E-state index contributed by atoms with van der Waals surface area (Å²) in [7, 11) is 0. The highest BCUT2D eigenvalue weighted by atomic mass is 16.4. The third kappa shape index (κ3) is 4.01. The largest absolute Gasteiger partial charge is 0.481 e. The molecule has 1 saturated carbocycles. The van der Waals surface area contributed by atoms with Gasteiger partial charge in [0.05, 0.1) is 17.6 Å². The molecule has 1 unspecified atom stereocenters. The standard InChI is InChI=1S/C27H28N2O4/c1-18(27(12-5-13-27)14-10-24(30)31)28-26(32)22-8-4-7-19-11-15-29(25(19)22)17-21-16-20-6-2-3-9-23(20)33-21/h2-4,6-9,11,15-16,18H,5,10,12-14,17H2,1H3,(H,28,32)(H,30,31). The van der Waals surface area contributed by atoms with Gasteiger partial charge in [-0.1, -0.05) is 36.8 Å². The van der Waals surface area contributed by atoms with E-state index in [4.69, 9.17) is 9.52 Å². The van der Waals surface area contributed by atoms with Gasteiger partial charge >= 0.3 is 5.97 Å². The van der Waals surface area contributed by atoms with E-state index >= 15 is 0 Å². The molecule has 0 saturated heterocycles. The van der Waals surface area contributed by atoms with Gasteiger partial charge in [0, 0.05) is 29.4 Å². The minimum atomic E-state index is -0.784. The molecule has 0 bridgehead atoms. The summed E-state index contributed by atoms with van der Waals surface area (Å²) in [5, 5.41) is 14.4. The lowest BCUT2D eigenvalue weighted by molar-refractivity contribution is -0.138. The zero-order valence-corrected chi connectivity index (χ0v) is 18.7.